The van der Waals surface area contributed by atoms with Crippen LogP contribution in [0.25, 0.3) is 0 Å². The fraction of sp³-hybridized carbons (Fsp3) is 0.333. The first-order valence-electron chi connectivity index (χ1n) is 5.58. The standard InChI is InChI=1S/C12H14N4OS/c1-7-4-14-10(6-13-7)11(17)16-9(3)12-15-5-8(2)18-12/h4-6,9H,1-3H3,(H,16,17). The molecule has 1 amide bonds. The highest BCUT2D eigenvalue weighted by atomic mass is 32.1. The Bertz CT molecular complexity index is 549. The summed E-state index contributed by atoms with van der Waals surface area (Å²) in [6.07, 6.45) is 4.85. The van der Waals surface area contributed by atoms with Gasteiger partial charge >= 0.3 is 0 Å². The van der Waals surface area contributed by atoms with E-state index in [0.29, 0.717) is 5.69 Å². The molecule has 2 heterocycles. The van der Waals surface area contributed by atoms with Crippen LogP contribution >= 0.6 is 11.3 Å². The number of aryl methyl sites for hydroxylation is 2. The number of amides is 1. The summed E-state index contributed by atoms with van der Waals surface area (Å²) in [7, 11) is 0. The molecule has 2 aromatic rings. The molecule has 0 radical (unpaired) electrons. The molecule has 0 fully saturated rings. The predicted molar refractivity (Wildman–Crippen MR) is 69.5 cm³/mol. The minimum Gasteiger partial charge on any atom is -0.342 e. The van der Waals surface area contributed by atoms with Gasteiger partial charge in [0, 0.05) is 17.3 Å². The van der Waals surface area contributed by atoms with Gasteiger partial charge in [0.05, 0.1) is 17.9 Å². The van der Waals surface area contributed by atoms with Gasteiger partial charge in [-0.2, -0.15) is 0 Å². The maximum absolute atomic E-state index is 11.9. The summed E-state index contributed by atoms with van der Waals surface area (Å²) in [5.74, 6) is -0.233. The van der Waals surface area contributed by atoms with Crippen LogP contribution in [0.5, 0.6) is 0 Å². The van der Waals surface area contributed by atoms with Crippen LogP contribution in [0.15, 0.2) is 18.6 Å². The quantitative estimate of drug-likeness (QED) is 0.919. The average molecular weight is 262 g/mol. The van der Waals surface area contributed by atoms with Gasteiger partial charge in [0.25, 0.3) is 5.91 Å². The zero-order chi connectivity index (χ0) is 13.1. The van der Waals surface area contributed by atoms with Crippen molar-refractivity contribution in [1.29, 1.82) is 0 Å². The van der Waals surface area contributed by atoms with Crippen molar-refractivity contribution in [2.45, 2.75) is 26.8 Å². The van der Waals surface area contributed by atoms with Gasteiger partial charge in [0.15, 0.2) is 0 Å². The highest BCUT2D eigenvalue weighted by Crippen LogP contribution is 2.19. The van der Waals surface area contributed by atoms with E-state index in [0.717, 1.165) is 15.6 Å². The molecule has 2 rings (SSSR count). The van der Waals surface area contributed by atoms with Gasteiger partial charge in [0.1, 0.15) is 10.7 Å². The van der Waals surface area contributed by atoms with Crippen molar-refractivity contribution < 1.29 is 4.79 Å². The van der Waals surface area contributed by atoms with Crippen LogP contribution in [-0.4, -0.2) is 20.9 Å². The summed E-state index contributed by atoms with van der Waals surface area (Å²) in [5, 5.41) is 3.74. The molecule has 0 aromatic carbocycles. The Kier molecular flexibility index (Phi) is 3.66. The third-order valence-corrected chi connectivity index (χ3v) is 3.47. The molecule has 5 nitrogen and oxygen atoms in total. The molecular formula is C12H14N4OS. The number of hydrogen-bond acceptors (Lipinski definition) is 5. The van der Waals surface area contributed by atoms with Gasteiger partial charge in [-0.25, -0.2) is 9.97 Å². The third-order valence-electron chi connectivity index (χ3n) is 2.37. The molecule has 0 saturated carbocycles. The van der Waals surface area contributed by atoms with Gasteiger partial charge in [-0.1, -0.05) is 0 Å². The van der Waals surface area contributed by atoms with Crippen molar-refractivity contribution >= 4 is 17.2 Å². The second-order valence-corrected chi connectivity index (χ2v) is 5.31. The first kappa shape index (κ1) is 12.6. The lowest BCUT2D eigenvalue weighted by atomic mass is 10.3. The predicted octanol–water partition coefficient (Wildman–Crippen LogP) is 2.04. The van der Waals surface area contributed by atoms with E-state index >= 15 is 0 Å². The number of nitrogens with zero attached hydrogens (tertiary/aromatic N) is 3. The molecule has 1 N–H and O–H groups in total. The van der Waals surface area contributed by atoms with Crippen LogP contribution in [0.1, 0.15) is 39.0 Å². The lowest BCUT2D eigenvalue weighted by molar-refractivity contribution is 0.0934. The van der Waals surface area contributed by atoms with Crippen molar-refractivity contribution in [2.24, 2.45) is 0 Å². The van der Waals surface area contributed by atoms with E-state index in [4.69, 9.17) is 0 Å². The van der Waals surface area contributed by atoms with E-state index < -0.39 is 0 Å². The molecule has 0 saturated heterocycles. The van der Waals surface area contributed by atoms with E-state index in [2.05, 4.69) is 20.3 Å². The van der Waals surface area contributed by atoms with Crippen molar-refractivity contribution in [1.82, 2.24) is 20.3 Å². The molecule has 1 unspecified atom stereocenters. The van der Waals surface area contributed by atoms with E-state index in [1.165, 1.54) is 6.20 Å². The third kappa shape index (κ3) is 2.89. The Hall–Kier alpha value is -1.82. The number of carbonyl (C=O) groups is 1. The Morgan fingerprint density at radius 1 is 1.22 bits per heavy atom. The van der Waals surface area contributed by atoms with Crippen molar-refractivity contribution in [3.8, 4) is 0 Å². The highest BCUT2D eigenvalue weighted by molar-refractivity contribution is 7.11. The fourth-order valence-corrected chi connectivity index (χ4v) is 2.19. The smallest absolute Gasteiger partial charge is 0.272 e. The molecule has 1 atom stereocenters. The van der Waals surface area contributed by atoms with Crippen molar-refractivity contribution in [3.63, 3.8) is 0 Å². The van der Waals surface area contributed by atoms with E-state index in [1.54, 1.807) is 23.7 Å². The summed E-state index contributed by atoms with van der Waals surface area (Å²) in [4.78, 5) is 25.4. The van der Waals surface area contributed by atoms with Crippen LogP contribution in [0.4, 0.5) is 0 Å². The molecule has 18 heavy (non-hydrogen) atoms. The summed E-state index contributed by atoms with van der Waals surface area (Å²) >= 11 is 1.57. The van der Waals surface area contributed by atoms with Gasteiger partial charge in [0.2, 0.25) is 0 Å². The first-order valence-corrected chi connectivity index (χ1v) is 6.40. The van der Waals surface area contributed by atoms with Gasteiger partial charge in [-0.3, -0.25) is 9.78 Å². The first-order chi connectivity index (χ1) is 8.56. The van der Waals surface area contributed by atoms with Crippen LogP contribution in [0.2, 0.25) is 0 Å². The van der Waals surface area contributed by atoms with Gasteiger partial charge in [-0.05, 0) is 20.8 Å². The number of carbonyl (C=O) groups excluding carboxylic acids is 1. The average Bonchev–Trinajstić information content (AvgIpc) is 2.76. The van der Waals surface area contributed by atoms with Gasteiger partial charge < -0.3 is 5.32 Å². The lowest BCUT2D eigenvalue weighted by Gasteiger charge is -2.10. The van der Waals surface area contributed by atoms with E-state index in [1.807, 2.05) is 20.8 Å². The maximum Gasteiger partial charge on any atom is 0.272 e. The molecule has 0 aliphatic rings. The van der Waals surface area contributed by atoms with Crippen molar-refractivity contribution in [3.05, 3.63) is 39.9 Å². The zero-order valence-corrected chi connectivity index (χ0v) is 11.3. The molecular weight excluding hydrogens is 248 g/mol. The Balaban J connectivity index is 2.05. The number of nitrogens with one attached hydrogen (secondary N) is 1. The number of rotatable bonds is 3. The SMILES string of the molecule is Cc1cnc(C(=O)NC(C)c2ncc(C)s2)cn1. The van der Waals surface area contributed by atoms with E-state index in [9.17, 15) is 4.79 Å². The lowest BCUT2D eigenvalue weighted by Crippen LogP contribution is -2.27. The van der Waals surface area contributed by atoms with Crippen LogP contribution in [0, 0.1) is 13.8 Å². The summed E-state index contributed by atoms with van der Waals surface area (Å²) in [5.41, 5.74) is 1.11. The topological polar surface area (TPSA) is 67.8 Å². The second kappa shape index (κ2) is 5.22. The maximum atomic E-state index is 11.9. The number of thiazole rings is 1. The Morgan fingerprint density at radius 2 is 2.00 bits per heavy atom. The van der Waals surface area contributed by atoms with E-state index in [-0.39, 0.29) is 11.9 Å². The summed E-state index contributed by atoms with van der Waals surface area (Å²) < 4.78 is 0. The zero-order valence-electron chi connectivity index (χ0n) is 10.5. The fourth-order valence-electron chi connectivity index (χ4n) is 1.41. The number of hydrogen-bond donors (Lipinski definition) is 1. The van der Waals surface area contributed by atoms with Crippen LogP contribution in [-0.2, 0) is 0 Å². The molecule has 0 spiro atoms. The monoisotopic (exact) mass is 262 g/mol. The Labute approximate surface area is 109 Å². The molecule has 0 aliphatic carbocycles. The minimum atomic E-state index is -0.233. The molecule has 2 aromatic heterocycles. The summed E-state index contributed by atoms with van der Waals surface area (Å²) in [6, 6.07) is -0.126. The van der Waals surface area contributed by atoms with Crippen molar-refractivity contribution in [2.75, 3.05) is 0 Å². The van der Waals surface area contributed by atoms with Crippen LogP contribution < -0.4 is 5.32 Å². The van der Waals surface area contributed by atoms with Crippen LogP contribution in [0.3, 0.4) is 0 Å². The minimum absolute atomic E-state index is 0.126. The largest absolute Gasteiger partial charge is 0.342 e. The molecule has 6 heteroatoms. The molecule has 0 bridgehead atoms. The normalized spacial score (nSPS) is 12.2. The highest BCUT2D eigenvalue weighted by Gasteiger charge is 2.14. The molecule has 94 valence electrons. The molecule has 0 aliphatic heterocycles. The summed E-state index contributed by atoms with van der Waals surface area (Å²) in [6.45, 7) is 5.72. The second-order valence-electron chi connectivity index (χ2n) is 4.05. The van der Waals surface area contributed by atoms with Gasteiger partial charge in [-0.15, -0.1) is 11.3 Å². The number of aromatic nitrogens is 3. The Morgan fingerprint density at radius 3 is 2.56 bits per heavy atom.